The summed E-state index contributed by atoms with van der Waals surface area (Å²) in [5, 5.41) is -0.0906. The maximum absolute atomic E-state index is 14.1. The summed E-state index contributed by atoms with van der Waals surface area (Å²) < 4.78 is 46.9. The van der Waals surface area contributed by atoms with E-state index in [0.717, 1.165) is 19.0 Å². The summed E-state index contributed by atoms with van der Waals surface area (Å²) in [5.74, 6) is -0.820. The van der Waals surface area contributed by atoms with Gasteiger partial charge in [0, 0.05) is 19.6 Å². The van der Waals surface area contributed by atoms with Crippen molar-refractivity contribution in [2.24, 2.45) is 0 Å². The SMILES string of the molecule is CN1CC[C@@H]2OCCN(S(=O)(=O)c3c(F)cccc3Cl)[C@H]2C1. The molecule has 1 aromatic rings. The van der Waals surface area contributed by atoms with Crippen LogP contribution in [0.2, 0.25) is 5.02 Å². The second-order valence-electron chi connectivity index (χ2n) is 5.69. The number of hydrogen-bond donors (Lipinski definition) is 0. The van der Waals surface area contributed by atoms with E-state index in [0.29, 0.717) is 13.2 Å². The molecule has 0 aromatic heterocycles. The van der Waals surface area contributed by atoms with E-state index in [9.17, 15) is 12.8 Å². The molecule has 2 atom stereocenters. The number of nitrogens with zero attached hydrogens (tertiary/aromatic N) is 2. The predicted molar refractivity (Wildman–Crippen MR) is 80.9 cm³/mol. The van der Waals surface area contributed by atoms with Crippen LogP contribution in [0.3, 0.4) is 0 Å². The van der Waals surface area contributed by atoms with Crippen molar-refractivity contribution in [3.8, 4) is 0 Å². The van der Waals surface area contributed by atoms with Crippen LogP contribution in [0.4, 0.5) is 4.39 Å². The van der Waals surface area contributed by atoms with Crippen LogP contribution in [0, 0.1) is 5.82 Å². The van der Waals surface area contributed by atoms with Crippen LogP contribution in [0.5, 0.6) is 0 Å². The Morgan fingerprint density at radius 3 is 2.86 bits per heavy atom. The average molecular weight is 349 g/mol. The third-order valence-electron chi connectivity index (χ3n) is 4.22. The van der Waals surface area contributed by atoms with Crippen molar-refractivity contribution in [2.75, 3.05) is 33.3 Å². The molecule has 2 heterocycles. The molecule has 2 fully saturated rings. The minimum atomic E-state index is -4.00. The van der Waals surface area contributed by atoms with E-state index >= 15 is 0 Å². The molecule has 1 aromatic carbocycles. The molecule has 8 heteroatoms. The zero-order valence-corrected chi connectivity index (χ0v) is 13.8. The van der Waals surface area contributed by atoms with Gasteiger partial charge < -0.3 is 9.64 Å². The van der Waals surface area contributed by atoms with Crippen LogP contribution in [0.25, 0.3) is 0 Å². The summed E-state index contributed by atoms with van der Waals surface area (Å²) in [4.78, 5) is 1.62. The summed E-state index contributed by atoms with van der Waals surface area (Å²) >= 11 is 5.95. The zero-order chi connectivity index (χ0) is 15.9. The highest BCUT2D eigenvalue weighted by molar-refractivity contribution is 7.89. The molecule has 22 heavy (non-hydrogen) atoms. The number of halogens is 2. The van der Waals surface area contributed by atoms with Crippen LogP contribution in [0.1, 0.15) is 6.42 Å². The van der Waals surface area contributed by atoms with E-state index in [1.165, 1.54) is 16.4 Å². The van der Waals surface area contributed by atoms with Gasteiger partial charge in [-0.15, -0.1) is 0 Å². The second-order valence-corrected chi connectivity index (χ2v) is 7.93. The average Bonchev–Trinajstić information content (AvgIpc) is 2.46. The van der Waals surface area contributed by atoms with E-state index in [-0.39, 0.29) is 23.7 Å². The van der Waals surface area contributed by atoms with Gasteiger partial charge in [-0.05, 0) is 25.6 Å². The van der Waals surface area contributed by atoms with Gasteiger partial charge in [0.2, 0.25) is 10.0 Å². The minimum absolute atomic E-state index is 0.0906. The summed E-state index contributed by atoms with van der Waals surface area (Å²) in [7, 11) is -2.06. The number of morpholine rings is 1. The molecular formula is C14H18ClFN2O3S. The fourth-order valence-corrected chi connectivity index (χ4v) is 5.34. The molecule has 2 saturated heterocycles. The molecular weight excluding hydrogens is 331 g/mol. The Balaban J connectivity index is 2.00. The lowest BCUT2D eigenvalue weighted by atomic mass is 10.0. The first kappa shape index (κ1) is 16.1. The Morgan fingerprint density at radius 1 is 1.36 bits per heavy atom. The number of sulfonamides is 1. The summed E-state index contributed by atoms with van der Waals surface area (Å²) in [6.07, 6.45) is 0.614. The number of benzene rings is 1. The molecule has 0 aliphatic carbocycles. The Bertz CT molecular complexity index is 650. The van der Waals surface area contributed by atoms with Gasteiger partial charge in [-0.1, -0.05) is 17.7 Å². The second kappa shape index (κ2) is 6.05. The number of rotatable bonds is 2. The highest BCUT2D eigenvalue weighted by Gasteiger charge is 2.43. The molecule has 0 N–H and O–H groups in total. The molecule has 2 aliphatic rings. The lowest BCUT2D eigenvalue weighted by Gasteiger charge is -2.45. The standard InChI is InChI=1S/C14H18ClFN2O3S/c1-17-6-5-13-12(9-17)18(7-8-21-13)22(19,20)14-10(15)3-2-4-11(14)16/h2-4,12-13H,5-9H2,1H3/t12-,13-/m0/s1. The first-order chi connectivity index (χ1) is 10.4. The number of fused-ring (bicyclic) bond motifs is 1. The number of piperidine rings is 1. The molecule has 0 unspecified atom stereocenters. The number of likely N-dealkylation sites (tertiary alicyclic amines) is 1. The van der Waals surface area contributed by atoms with Crippen molar-refractivity contribution in [3.05, 3.63) is 29.0 Å². The number of ether oxygens (including phenoxy) is 1. The van der Waals surface area contributed by atoms with Crippen LogP contribution < -0.4 is 0 Å². The van der Waals surface area contributed by atoms with E-state index in [1.807, 2.05) is 7.05 Å². The van der Waals surface area contributed by atoms with E-state index in [4.69, 9.17) is 16.3 Å². The van der Waals surface area contributed by atoms with Gasteiger partial charge in [-0.3, -0.25) is 0 Å². The Labute approximate surface area is 134 Å². The maximum atomic E-state index is 14.1. The van der Waals surface area contributed by atoms with Crippen LogP contribution in [-0.4, -0.2) is 63.1 Å². The van der Waals surface area contributed by atoms with E-state index in [2.05, 4.69) is 4.90 Å². The largest absolute Gasteiger partial charge is 0.375 e. The zero-order valence-electron chi connectivity index (χ0n) is 12.2. The lowest BCUT2D eigenvalue weighted by Crippen LogP contribution is -2.60. The maximum Gasteiger partial charge on any atom is 0.247 e. The van der Waals surface area contributed by atoms with Crippen molar-refractivity contribution < 1.29 is 17.5 Å². The number of hydrogen-bond acceptors (Lipinski definition) is 4. The van der Waals surface area contributed by atoms with Crippen molar-refractivity contribution >= 4 is 21.6 Å². The molecule has 122 valence electrons. The van der Waals surface area contributed by atoms with Crippen molar-refractivity contribution in [1.82, 2.24) is 9.21 Å². The fourth-order valence-electron chi connectivity index (χ4n) is 3.14. The highest BCUT2D eigenvalue weighted by Crippen LogP contribution is 2.32. The van der Waals surface area contributed by atoms with Gasteiger partial charge >= 0.3 is 0 Å². The van der Waals surface area contributed by atoms with Gasteiger partial charge in [0.1, 0.15) is 10.7 Å². The topological polar surface area (TPSA) is 49.9 Å². The van der Waals surface area contributed by atoms with Crippen molar-refractivity contribution in [1.29, 1.82) is 0 Å². The minimum Gasteiger partial charge on any atom is -0.375 e. The third-order valence-corrected chi connectivity index (χ3v) is 6.65. The highest BCUT2D eigenvalue weighted by atomic mass is 35.5. The van der Waals surface area contributed by atoms with Gasteiger partial charge in [-0.2, -0.15) is 4.31 Å². The molecule has 3 rings (SSSR count). The van der Waals surface area contributed by atoms with Gasteiger partial charge in [0.15, 0.2) is 0 Å². The van der Waals surface area contributed by atoms with Gasteiger partial charge in [-0.25, -0.2) is 12.8 Å². The first-order valence-corrected chi connectivity index (χ1v) is 8.99. The summed E-state index contributed by atoms with van der Waals surface area (Å²) in [6.45, 7) is 1.95. The lowest BCUT2D eigenvalue weighted by molar-refractivity contribution is -0.0720. The van der Waals surface area contributed by atoms with Crippen molar-refractivity contribution in [3.63, 3.8) is 0 Å². The molecule has 2 aliphatic heterocycles. The van der Waals surface area contributed by atoms with Crippen molar-refractivity contribution in [2.45, 2.75) is 23.5 Å². The molecule has 0 amide bonds. The Morgan fingerprint density at radius 2 is 2.14 bits per heavy atom. The monoisotopic (exact) mass is 348 g/mol. The fraction of sp³-hybridized carbons (Fsp3) is 0.571. The van der Waals surface area contributed by atoms with Crippen LogP contribution in [0.15, 0.2) is 23.1 Å². The van der Waals surface area contributed by atoms with E-state index < -0.39 is 20.7 Å². The normalized spacial score (nSPS) is 27.6. The van der Waals surface area contributed by atoms with E-state index in [1.54, 1.807) is 0 Å². The smallest absolute Gasteiger partial charge is 0.247 e. The Hall–Kier alpha value is -0.730. The summed E-state index contributed by atoms with van der Waals surface area (Å²) in [5.41, 5.74) is 0. The predicted octanol–water partition coefficient (Wildman–Crippen LogP) is 1.57. The number of likely N-dealkylation sites (N-methyl/N-ethyl adjacent to an activating group) is 1. The third kappa shape index (κ3) is 2.76. The quantitative estimate of drug-likeness (QED) is 0.814. The molecule has 0 saturated carbocycles. The molecule has 0 radical (unpaired) electrons. The molecule has 5 nitrogen and oxygen atoms in total. The van der Waals surface area contributed by atoms with Crippen LogP contribution >= 0.6 is 11.6 Å². The molecule has 0 bridgehead atoms. The van der Waals surface area contributed by atoms with Gasteiger partial charge in [0.05, 0.1) is 23.8 Å². The summed E-state index contributed by atoms with van der Waals surface area (Å²) in [6, 6.07) is 3.59. The Kier molecular flexibility index (Phi) is 4.44. The van der Waals surface area contributed by atoms with Crippen LogP contribution in [-0.2, 0) is 14.8 Å². The molecule has 0 spiro atoms. The van der Waals surface area contributed by atoms with Gasteiger partial charge in [0.25, 0.3) is 0 Å². The first-order valence-electron chi connectivity index (χ1n) is 7.17.